The Morgan fingerprint density at radius 2 is 2.10 bits per heavy atom. The minimum absolute atomic E-state index is 0.0389. The zero-order valence-electron chi connectivity index (χ0n) is 11.8. The molecule has 1 saturated heterocycles. The molecule has 7 nitrogen and oxygen atoms in total. The van der Waals surface area contributed by atoms with Crippen molar-refractivity contribution in [3.05, 3.63) is 0 Å². The van der Waals surface area contributed by atoms with Crippen LogP contribution < -0.4 is 5.32 Å². The molecule has 1 rings (SSSR count). The quantitative estimate of drug-likeness (QED) is 0.686. The number of nitrogens with zero attached hydrogens (tertiary/aromatic N) is 1. The summed E-state index contributed by atoms with van der Waals surface area (Å²) in [4.78, 5) is 36.0. The summed E-state index contributed by atoms with van der Waals surface area (Å²) in [6.07, 6.45) is 1.22. The summed E-state index contributed by atoms with van der Waals surface area (Å²) in [5.74, 6) is -1.32. The lowest BCUT2D eigenvalue weighted by Gasteiger charge is -2.34. The van der Waals surface area contributed by atoms with E-state index in [0.717, 1.165) is 6.42 Å². The molecule has 0 aromatic rings. The van der Waals surface area contributed by atoms with Crippen molar-refractivity contribution < 1.29 is 24.2 Å². The van der Waals surface area contributed by atoms with Crippen molar-refractivity contribution in [1.82, 2.24) is 10.2 Å². The van der Waals surface area contributed by atoms with Gasteiger partial charge in [0.25, 0.3) is 0 Å². The fourth-order valence-corrected chi connectivity index (χ4v) is 2.02. The topological polar surface area (TPSA) is 95.9 Å². The Hall–Kier alpha value is -1.63. The largest absolute Gasteiger partial charge is 0.481 e. The second-order valence-electron chi connectivity index (χ2n) is 4.72. The van der Waals surface area contributed by atoms with Gasteiger partial charge in [0.2, 0.25) is 11.8 Å². The predicted octanol–water partition coefficient (Wildman–Crippen LogP) is -0.00510. The number of ether oxygens (including phenoxy) is 1. The second kappa shape index (κ2) is 8.52. The van der Waals surface area contributed by atoms with Crippen molar-refractivity contribution in [3.63, 3.8) is 0 Å². The first-order valence-electron chi connectivity index (χ1n) is 6.93. The van der Waals surface area contributed by atoms with Crippen LogP contribution in [0.5, 0.6) is 0 Å². The molecule has 7 heteroatoms. The van der Waals surface area contributed by atoms with E-state index in [1.54, 1.807) is 0 Å². The normalized spacial score (nSPS) is 18.6. The Balaban J connectivity index is 2.52. The van der Waals surface area contributed by atoms with E-state index in [2.05, 4.69) is 5.32 Å². The van der Waals surface area contributed by atoms with E-state index in [1.807, 2.05) is 6.92 Å². The van der Waals surface area contributed by atoms with Crippen LogP contribution in [0.15, 0.2) is 0 Å². The van der Waals surface area contributed by atoms with Crippen molar-refractivity contribution in [2.45, 2.75) is 38.6 Å². The number of carbonyl (C=O) groups excluding carboxylic acids is 2. The van der Waals surface area contributed by atoms with Gasteiger partial charge in [-0.25, -0.2) is 0 Å². The summed E-state index contributed by atoms with van der Waals surface area (Å²) < 4.78 is 5.26. The Labute approximate surface area is 118 Å². The number of hydrogen-bond acceptors (Lipinski definition) is 4. The molecule has 1 unspecified atom stereocenters. The molecule has 0 spiro atoms. The molecule has 20 heavy (non-hydrogen) atoms. The summed E-state index contributed by atoms with van der Waals surface area (Å²) in [6, 6.07) is -0.604. The van der Waals surface area contributed by atoms with Gasteiger partial charge in [0.1, 0.15) is 6.04 Å². The van der Waals surface area contributed by atoms with Gasteiger partial charge in [-0.3, -0.25) is 14.4 Å². The molecule has 114 valence electrons. The second-order valence-corrected chi connectivity index (χ2v) is 4.72. The molecular formula is C13H22N2O5. The first kappa shape index (κ1) is 16.4. The molecule has 1 atom stereocenters. The van der Waals surface area contributed by atoms with E-state index in [0.29, 0.717) is 19.7 Å². The highest BCUT2D eigenvalue weighted by Crippen LogP contribution is 2.11. The van der Waals surface area contributed by atoms with Gasteiger partial charge >= 0.3 is 5.97 Å². The third-order valence-corrected chi connectivity index (χ3v) is 3.08. The van der Waals surface area contributed by atoms with Crippen molar-refractivity contribution >= 4 is 17.8 Å². The highest BCUT2D eigenvalue weighted by atomic mass is 16.5. The lowest BCUT2D eigenvalue weighted by molar-refractivity contribution is -0.148. The lowest BCUT2D eigenvalue weighted by Crippen LogP contribution is -2.55. The van der Waals surface area contributed by atoms with Gasteiger partial charge in [0.15, 0.2) is 0 Å². The zero-order chi connectivity index (χ0) is 15.0. The number of amides is 2. The molecular weight excluding hydrogens is 264 g/mol. The number of carboxylic acids is 1. The van der Waals surface area contributed by atoms with Gasteiger partial charge in [-0.05, 0) is 12.8 Å². The van der Waals surface area contributed by atoms with Crippen LogP contribution in [0, 0.1) is 0 Å². The van der Waals surface area contributed by atoms with Crippen molar-refractivity contribution in [1.29, 1.82) is 0 Å². The van der Waals surface area contributed by atoms with Gasteiger partial charge in [0, 0.05) is 25.9 Å². The predicted molar refractivity (Wildman–Crippen MR) is 71.1 cm³/mol. The Bertz CT molecular complexity index is 359. The molecule has 1 aliphatic rings. The number of morpholine rings is 1. The summed E-state index contributed by atoms with van der Waals surface area (Å²) in [6.45, 7) is 3.49. The van der Waals surface area contributed by atoms with Crippen LogP contribution in [0.4, 0.5) is 0 Å². The maximum atomic E-state index is 12.1. The van der Waals surface area contributed by atoms with Crippen LogP contribution in [0.3, 0.4) is 0 Å². The van der Waals surface area contributed by atoms with Crippen molar-refractivity contribution in [2.24, 2.45) is 0 Å². The van der Waals surface area contributed by atoms with Gasteiger partial charge in [0.05, 0.1) is 13.2 Å². The molecule has 0 bridgehead atoms. The molecule has 0 radical (unpaired) electrons. The standard InChI is InChI=1S/C13H22N2O5/c1-2-6-14-13(19)10-9-20-8-7-15(10)11(16)4-3-5-12(17)18/h10H,2-9H2,1H3,(H,14,19)(H,17,18). The van der Waals surface area contributed by atoms with Crippen LogP contribution in [-0.4, -0.2) is 60.1 Å². The number of hydrogen-bond donors (Lipinski definition) is 2. The average molecular weight is 286 g/mol. The van der Waals surface area contributed by atoms with Gasteiger partial charge in [-0.2, -0.15) is 0 Å². The van der Waals surface area contributed by atoms with Crippen LogP contribution in [0.25, 0.3) is 0 Å². The SMILES string of the molecule is CCCNC(=O)C1COCCN1C(=O)CCCC(=O)O. The summed E-state index contributed by atoms with van der Waals surface area (Å²) in [5, 5.41) is 11.3. The number of nitrogens with one attached hydrogen (secondary N) is 1. The van der Waals surface area contributed by atoms with E-state index in [9.17, 15) is 14.4 Å². The fraction of sp³-hybridized carbons (Fsp3) is 0.769. The highest BCUT2D eigenvalue weighted by molar-refractivity contribution is 5.88. The maximum absolute atomic E-state index is 12.1. The average Bonchev–Trinajstić information content (AvgIpc) is 2.44. The van der Waals surface area contributed by atoms with E-state index < -0.39 is 12.0 Å². The minimum Gasteiger partial charge on any atom is -0.481 e. The van der Waals surface area contributed by atoms with Crippen molar-refractivity contribution in [3.8, 4) is 0 Å². The Morgan fingerprint density at radius 3 is 2.75 bits per heavy atom. The van der Waals surface area contributed by atoms with E-state index in [4.69, 9.17) is 9.84 Å². The zero-order valence-corrected chi connectivity index (χ0v) is 11.8. The first-order valence-corrected chi connectivity index (χ1v) is 6.93. The molecule has 0 aromatic carbocycles. The van der Waals surface area contributed by atoms with Crippen LogP contribution in [-0.2, 0) is 19.1 Å². The smallest absolute Gasteiger partial charge is 0.303 e. The summed E-state index contributed by atoms with van der Waals surface area (Å²) in [7, 11) is 0. The van der Waals surface area contributed by atoms with E-state index >= 15 is 0 Å². The Morgan fingerprint density at radius 1 is 1.35 bits per heavy atom. The monoisotopic (exact) mass is 286 g/mol. The summed E-state index contributed by atoms with van der Waals surface area (Å²) >= 11 is 0. The first-order chi connectivity index (χ1) is 9.56. The minimum atomic E-state index is -0.919. The number of rotatable bonds is 7. The van der Waals surface area contributed by atoms with Gasteiger partial charge < -0.3 is 20.1 Å². The molecule has 2 amide bonds. The molecule has 0 aromatic heterocycles. The summed E-state index contributed by atoms with van der Waals surface area (Å²) in [5.41, 5.74) is 0. The molecule has 0 saturated carbocycles. The Kier molecular flexibility index (Phi) is 7.00. The molecule has 1 aliphatic heterocycles. The van der Waals surface area contributed by atoms with Gasteiger partial charge in [-0.1, -0.05) is 6.92 Å². The third kappa shape index (κ3) is 5.16. The van der Waals surface area contributed by atoms with Gasteiger partial charge in [-0.15, -0.1) is 0 Å². The third-order valence-electron chi connectivity index (χ3n) is 3.08. The van der Waals surface area contributed by atoms with Crippen molar-refractivity contribution in [2.75, 3.05) is 26.3 Å². The van der Waals surface area contributed by atoms with Crippen LogP contribution in [0.1, 0.15) is 32.6 Å². The number of aliphatic carboxylic acids is 1. The fourth-order valence-electron chi connectivity index (χ4n) is 2.02. The molecule has 2 N–H and O–H groups in total. The van der Waals surface area contributed by atoms with Crippen LogP contribution >= 0.6 is 0 Å². The maximum Gasteiger partial charge on any atom is 0.303 e. The molecule has 1 fully saturated rings. The molecule has 0 aliphatic carbocycles. The van der Waals surface area contributed by atoms with Crippen LogP contribution in [0.2, 0.25) is 0 Å². The number of carboxylic acid groups (broad SMARTS) is 1. The lowest BCUT2D eigenvalue weighted by atomic mass is 10.1. The number of carbonyl (C=O) groups is 3. The van der Waals surface area contributed by atoms with E-state index in [-0.39, 0.29) is 37.7 Å². The van der Waals surface area contributed by atoms with E-state index in [1.165, 1.54) is 4.90 Å². The highest BCUT2D eigenvalue weighted by Gasteiger charge is 2.32. The molecule has 1 heterocycles.